The first-order valence-electron chi connectivity index (χ1n) is 11.8. The summed E-state index contributed by atoms with van der Waals surface area (Å²) >= 11 is -3.33. The average molecular weight is 491 g/mol. The Hall–Kier alpha value is 1.33. The van der Waals surface area contributed by atoms with Gasteiger partial charge in [-0.15, -0.1) is 0 Å². The van der Waals surface area contributed by atoms with E-state index in [0.717, 1.165) is 23.3 Å². The van der Waals surface area contributed by atoms with Crippen LogP contribution in [0.3, 0.4) is 0 Å². The van der Waals surface area contributed by atoms with Crippen molar-refractivity contribution in [3.8, 4) is 0 Å². The van der Waals surface area contributed by atoms with Gasteiger partial charge in [0.25, 0.3) is 0 Å². The molecular formula is C21H39Cl3N3V+. The molecule has 3 nitrogen and oxygen atoms in total. The average Bonchev–Trinajstić information content (AvgIpc) is 2.74. The predicted octanol–water partition coefficient (Wildman–Crippen LogP) is 6.82. The molecule has 0 aromatic carbocycles. The predicted molar refractivity (Wildman–Crippen MR) is 117 cm³/mol. The van der Waals surface area contributed by atoms with Gasteiger partial charge in [-0.1, -0.05) is 0 Å². The topological polar surface area (TPSA) is 6.48 Å². The van der Waals surface area contributed by atoms with Crippen molar-refractivity contribution in [2.45, 2.75) is 114 Å². The first-order chi connectivity index (χ1) is 13.5. The van der Waals surface area contributed by atoms with E-state index in [1.807, 2.05) is 0 Å². The van der Waals surface area contributed by atoms with Crippen molar-refractivity contribution in [3.05, 3.63) is 0 Å². The normalized spacial score (nSPS) is 30.5. The third-order valence-corrected chi connectivity index (χ3v) is 14.1. The van der Waals surface area contributed by atoms with E-state index in [2.05, 4.69) is 9.80 Å². The molecule has 163 valence electrons. The third-order valence-electron chi connectivity index (χ3n) is 8.10. The number of hydrogen-bond acceptors (Lipinski definition) is 2. The summed E-state index contributed by atoms with van der Waals surface area (Å²) < 4.78 is 0.815. The van der Waals surface area contributed by atoms with Crippen LogP contribution in [0.15, 0.2) is 0 Å². The van der Waals surface area contributed by atoms with Crippen LogP contribution in [0.4, 0.5) is 0 Å². The molecule has 1 aliphatic heterocycles. The zero-order valence-corrected chi connectivity index (χ0v) is 21.0. The summed E-state index contributed by atoms with van der Waals surface area (Å²) in [5, 5.41) is 0. The fraction of sp³-hybridized carbons (Fsp3) is 1.00. The molecule has 0 amide bonds. The molecule has 0 unspecified atom stereocenters. The molecule has 3 saturated carbocycles. The number of rotatable bonds is 4. The summed E-state index contributed by atoms with van der Waals surface area (Å²) in [5.41, 5.74) is 0. The van der Waals surface area contributed by atoms with E-state index >= 15 is 0 Å². The second-order valence-corrected chi connectivity index (χ2v) is 20.6. The molecule has 3 aliphatic carbocycles. The Labute approximate surface area is 187 Å². The molecule has 0 aromatic heterocycles. The number of halogens is 3. The van der Waals surface area contributed by atoms with E-state index in [9.17, 15) is 0 Å². The van der Waals surface area contributed by atoms with Crippen molar-refractivity contribution in [2.24, 2.45) is 0 Å². The van der Waals surface area contributed by atoms with Crippen LogP contribution in [0.5, 0.6) is 0 Å². The molecule has 0 spiro atoms. The van der Waals surface area contributed by atoms with Crippen LogP contribution in [-0.4, -0.2) is 51.3 Å². The van der Waals surface area contributed by atoms with Gasteiger partial charge in [0.1, 0.15) is 0 Å². The van der Waals surface area contributed by atoms with Crippen molar-refractivity contribution in [3.63, 3.8) is 0 Å². The summed E-state index contributed by atoms with van der Waals surface area (Å²) in [6, 6.07) is 1.97. The monoisotopic (exact) mass is 489 g/mol. The maximum absolute atomic E-state index is 7.03. The molecule has 28 heavy (non-hydrogen) atoms. The van der Waals surface area contributed by atoms with Crippen LogP contribution in [-0.2, 0) is 11.4 Å². The van der Waals surface area contributed by atoms with Gasteiger partial charge in [0.15, 0.2) is 0 Å². The van der Waals surface area contributed by atoms with Crippen LogP contribution in [0.1, 0.15) is 96.3 Å². The van der Waals surface area contributed by atoms with Gasteiger partial charge < -0.3 is 0 Å². The maximum atomic E-state index is 7.03. The van der Waals surface area contributed by atoms with Gasteiger partial charge in [0.2, 0.25) is 0 Å². The van der Waals surface area contributed by atoms with Gasteiger partial charge in [-0.25, -0.2) is 0 Å². The Morgan fingerprint density at radius 2 is 0.964 bits per heavy atom. The first kappa shape index (κ1) is 22.5. The Morgan fingerprint density at radius 1 is 0.571 bits per heavy atom. The minimum absolute atomic E-state index is 0.561. The van der Waals surface area contributed by atoms with Gasteiger partial charge in [-0.3, -0.25) is 0 Å². The molecule has 1 heterocycles. The van der Waals surface area contributed by atoms with Crippen LogP contribution in [0, 0.1) is 0 Å². The van der Waals surface area contributed by atoms with Crippen LogP contribution < -0.4 is 0 Å². The molecule has 7 heteroatoms. The van der Waals surface area contributed by atoms with Crippen LogP contribution in [0.25, 0.3) is 0 Å². The molecule has 0 N–H and O–H groups in total. The molecular weight excluding hydrogens is 452 g/mol. The molecule has 1 saturated heterocycles. The van der Waals surface area contributed by atoms with E-state index in [1.165, 1.54) is 96.3 Å². The van der Waals surface area contributed by atoms with Gasteiger partial charge in [0, 0.05) is 0 Å². The van der Waals surface area contributed by atoms with Gasteiger partial charge in [-0.2, -0.15) is 0 Å². The summed E-state index contributed by atoms with van der Waals surface area (Å²) in [4.78, 5) is 5.55. The van der Waals surface area contributed by atoms with Crippen molar-refractivity contribution in [1.82, 2.24) is 9.80 Å². The summed E-state index contributed by atoms with van der Waals surface area (Å²) in [6.45, 7) is 3.12. The molecule has 4 rings (SSSR count). The van der Waals surface area contributed by atoms with Crippen molar-refractivity contribution < 1.29 is 14.7 Å². The number of hydrogen-bond donors (Lipinski definition) is 0. The van der Waals surface area contributed by atoms with Gasteiger partial charge in [0.05, 0.1) is 0 Å². The summed E-state index contributed by atoms with van der Waals surface area (Å²) in [5.74, 6) is 0. The van der Waals surface area contributed by atoms with E-state index in [4.69, 9.17) is 29.5 Å². The molecule has 0 bridgehead atoms. The zero-order chi connectivity index (χ0) is 19.6. The third kappa shape index (κ3) is 4.88. The number of nitrogens with zero attached hydrogens (tertiary/aromatic N) is 3. The van der Waals surface area contributed by atoms with E-state index in [0.29, 0.717) is 18.1 Å². The zero-order valence-electron chi connectivity index (χ0n) is 17.4. The summed E-state index contributed by atoms with van der Waals surface area (Å²) in [7, 11) is 21.1. The van der Waals surface area contributed by atoms with E-state index in [1.54, 1.807) is 0 Å². The molecule has 0 atom stereocenters. The number of quaternary nitrogens is 1. The molecule has 0 radical (unpaired) electrons. The Morgan fingerprint density at radius 3 is 1.36 bits per heavy atom. The molecule has 4 aliphatic rings. The van der Waals surface area contributed by atoms with Crippen LogP contribution in [0.2, 0.25) is 0 Å². The Kier molecular flexibility index (Phi) is 7.93. The quantitative estimate of drug-likeness (QED) is 0.426. The van der Waals surface area contributed by atoms with Crippen molar-refractivity contribution in [1.29, 1.82) is 0 Å². The van der Waals surface area contributed by atoms with Crippen LogP contribution >= 0.6 is 29.5 Å². The second kappa shape index (κ2) is 9.86. The van der Waals surface area contributed by atoms with E-state index < -0.39 is 11.4 Å². The first-order valence-corrected chi connectivity index (χ1v) is 18.2. The molecule has 4 fully saturated rings. The fourth-order valence-corrected chi connectivity index (χ4v) is 11.1. The van der Waals surface area contributed by atoms with Crippen molar-refractivity contribution >= 4 is 29.5 Å². The second-order valence-electron chi connectivity index (χ2n) is 9.88. The fourth-order valence-electron chi connectivity index (χ4n) is 6.47. The summed E-state index contributed by atoms with van der Waals surface area (Å²) in [6.07, 6.45) is 20.2. The molecule has 0 aromatic rings. The van der Waals surface area contributed by atoms with Gasteiger partial charge in [-0.05, 0) is 0 Å². The van der Waals surface area contributed by atoms with E-state index in [-0.39, 0.29) is 0 Å². The SMILES string of the molecule is [Cl][V]([Cl])([Cl])[N+]1(C2CCCCC2)CN(C2CCCCC2)CN(C2CCCCC2)C1. The van der Waals surface area contributed by atoms with Crippen molar-refractivity contribution in [2.75, 3.05) is 20.0 Å². The Bertz CT molecular complexity index is 472. The standard InChI is InChI=1S/C21H39N3.3ClH.V/c1-4-10-19(11-5-1)22-16-23(20-12-6-2-7-13-20)18-24(17-22)21-14-8-3-9-15-21;;;;/h19-21H,1-18H2;3*1H;/q;;;;+4/p-3. The minimum atomic E-state index is -3.33. The Balaban J connectivity index is 1.63. The van der Waals surface area contributed by atoms with Gasteiger partial charge >= 0.3 is 189 Å².